The van der Waals surface area contributed by atoms with Crippen LogP contribution in [0.15, 0.2) is 91.0 Å². The number of nitrogens with zero attached hydrogens (tertiary/aromatic N) is 1. The van der Waals surface area contributed by atoms with Crippen LogP contribution in [0, 0.1) is 0 Å². The number of hydrogen-bond acceptors (Lipinski definition) is 2. The molecule has 4 aromatic rings. The molecule has 0 fully saturated rings. The number of anilines is 5. The van der Waals surface area contributed by atoms with E-state index in [4.69, 9.17) is 0 Å². The van der Waals surface area contributed by atoms with Gasteiger partial charge in [-0.2, -0.15) is 0 Å². The molecule has 0 atom stereocenters. The Morgan fingerprint density at radius 1 is 0.462 bits per heavy atom. The van der Waals surface area contributed by atoms with Crippen molar-refractivity contribution in [2.75, 3.05) is 10.2 Å². The highest BCUT2D eigenvalue weighted by Crippen LogP contribution is 2.56. The lowest BCUT2D eigenvalue weighted by atomic mass is 9.94. The second-order valence-electron chi connectivity index (χ2n) is 6.74. The van der Waals surface area contributed by atoms with Crippen LogP contribution >= 0.6 is 0 Å². The third kappa shape index (κ3) is 1.71. The summed E-state index contributed by atoms with van der Waals surface area (Å²) in [5.41, 5.74) is 11.0. The van der Waals surface area contributed by atoms with Crippen LogP contribution in [0.3, 0.4) is 0 Å². The maximum absolute atomic E-state index is 3.63. The fourth-order valence-electron chi connectivity index (χ4n) is 4.24. The van der Waals surface area contributed by atoms with Gasteiger partial charge in [-0.1, -0.05) is 66.7 Å². The highest BCUT2D eigenvalue weighted by atomic mass is 15.2. The zero-order chi connectivity index (χ0) is 17.1. The molecule has 0 radical (unpaired) electrons. The van der Waals surface area contributed by atoms with Crippen LogP contribution in [0.25, 0.3) is 22.3 Å². The van der Waals surface area contributed by atoms with Gasteiger partial charge >= 0.3 is 0 Å². The first-order valence-electron chi connectivity index (χ1n) is 8.90. The highest BCUT2D eigenvalue weighted by molar-refractivity contribution is 6.09. The maximum atomic E-state index is 3.63. The quantitative estimate of drug-likeness (QED) is 0.327. The van der Waals surface area contributed by atoms with Gasteiger partial charge in [0.05, 0.1) is 28.4 Å². The van der Waals surface area contributed by atoms with Crippen molar-refractivity contribution in [1.82, 2.24) is 0 Å². The molecule has 2 heteroatoms. The summed E-state index contributed by atoms with van der Waals surface area (Å²) in [4.78, 5) is 2.41. The fraction of sp³-hybridized carbons (Fsp3) is 0. The number of fused-ring (bicyclic) bond motifs is 7. The highest BCUT2D eigenvalue weighted by Gasteiger charge is 2.31. The predicted molar refractivity (Wildman–Crippen MR) is 109 cm³/mol. The Kier molecular flexibility index (Phi) is 2.64. The zero-order valence-corrected chi connectivity index (χ0v) is 14.1. The lowest BCUT2D eigenvalue weighted by Crippen LogP contribution is -2.18. The predicted octanol–water partition coefficient (Wildman–Crippen LogP) is 6.86. The molecular weight excluding hydrogens is 316 g/mol. The van der Waals surface area contributed by atoms with E-state index in [1.807, 2.05) is 0 Å². The smallest absolute Gasteiger partial charge is 0.0776 e. The molecule has 6 rings (SSSR count). The van der Waals surface area contributed by atoms with Crippen molar-refractivity contribution in [3.05, 3.63) is 91.0 Å². The van der Waals surface area contributed by atoms with Gasteiger partial charge in [0.15, 0.2) is 0 Å². The van der Waals surface area contributed by atoms with E-state index in [0.29, 0.717) is 0 Å². The van der Waals surface area contributed by atoms with Crippen LogP contribution in [0.2, 0.25) is 0 Å². The monoisotopic (exact) mass is 332 g/mol. The van der Waals surface area contributed by atoms with E-state index in [2.05, 4.69) is 101 Å². The lowest BCUT2D eigenvalue weighted by Gasteiger charge is -2.35. The van der Waals surface area contributed by atoms with Crippen LogP contribution in [0.1, 0.15) is 0 Å². The molecular formula is C24H16N2. The molecule has 1 N–H and O–H groups in total. The molecule has 0 saturated heterocycles. The van der Waals surface area contributed by atoms with Crippen molar-refractivity contribution in [3.63, 3.8) is 0 Å². The standard InChI is InChI=1S/C24H16N2/c1-2-9-17-16(8-1)18-10-3-5-14-22(18)26-23-15-6-4-12-20(23)25-21-13-7-11-19(17)24(21)26/h1-15,25H. The molecule has 2 aliphatic rings. The minimum absolute atomic E-state index is 1.14. The van der Waals surface area contributed by atoms with Gasteiger partial charge in [0.2, 0.25) is 0 Å². The average Bonchev–Trinajstić information content (AvgIpc) is 2.83. The van der Waals surface area contributed by atoms with Crippen molar-refractivity contribution in [3.8, 4) is 22.3 Å². The van der Waals surface area contributed by atoms with Crippen molar-refractivity contribution >= 4 is 28.4 Å². The molecule has 26 heavy (non-hydrogen) atoms. The number of rotatable bonds is 0. The summed E-state index contributed by atoms with van der Waals surface area (Å²) in [5.74, 6) is 0. The SMILES string of the molecule is c1ccc2c(c1)Nc1cccc3c1N2c1ccccc1-c1ccccc1-3. The zero-order valence-electron chi connectivity index (χ0n) is 14.1. The molecule has 0 amide bonds. The van der Waals surface area contributed by atoms with Gasteiger partial charge in [-0.05, 0) is 35.4 Å². The number of nitrogens with one attached hydrogen (secondary N) is 1. The van der Waals surface area contributed by atoms with Crippen molar-refractivity contribution < 1.29 is 0 Å². The molecule has 122 valence electrons. The number of para-hydroxylation sites is 4. The second-order valence-corrected chi connectivity index (χ2v) is 6.74. The molecule has 0 bridgehead atoms. The Morgan fingerprint density at radius 2 is 1.04 bits per heavy atom. The van der Waals surface area contributed by atoms with Gasteiger partial charge in [0.25, 0.3) is 0 Å². The minimum atomic E-state index is 1.14. The molecule has 2 heterocycles. The summed E-state index contributed by atoms with van der Waals surface area (Å²) >= 11 is 0. The Hall–Kier alpha value is -3.52. The summed E-state index contributed by atoms with van der Waals surface area (Å²) in [5, 5.41) is 3.63. The molecule has 0 aliphatic carbocycles. The molecule has 4 aromatic carbocycles. The third-order valence-electron chi connectivity index (χ3n) is 5.33. The Bertz CT molecular complexity index is 1180. The average molecular weight is 332 g/mol. The van der Waals surface area contributed by atoms with Crippen LogP contribution in [-0.4, -0.2) is 0 Å². The van der Waals surface area contributed by atoms with E-state index in [9.17, 15) is 0 Å². The first kappa shape index (κ1) is 13.7. The number of benzene rings is 4. The Morgan fingerprint density at radius 3 is 1.88 bits per heavy atom. The normalized spacial score (nSPS) is 12.8. The molecule has 2 aliphatic heterocycles. The van der Waals surface area contributed by atoms with E-state index >= 15 is 0 Å². The van der Waals surface area contributed by atoms with Gasteiger partial charge in [-0.15, -0.1) is 0 Å². The third-order valence-corrected chi connectivity index (χ3v) is 5.33. The van der Waals surface area contributed by atoms with Crippen molar-refractivity contribution in [1.29, 1.82) is 0 Å². The summed E-state index contributed by atoms with van der Waals surface area (Å²) in [6.45, 7) is 0. The second kappa shape index (κ2) is 4.99. The van der Waals surface area contributed by atoms with Crippen molar-refractivity contribution in [2.45, 2.75) is 0 Å². The van der Waals surface area contributed by atoms with Gasteiger partial charge in [0, 0.05) is 11.1 Å². The van der Waals surface area contributed by atoms with Crippen LogP contribution < -0.4 is 10.2 Å². The maximum Gasteiger partial charge on any atom is 0.0776 e. The van der Waals surface area contributed by atoms with Crippen molar-refractivity contribution in [2.24, 2.45) is 0 Å². The first-order valence-corrected chi connectivity index (χ1v) is 8.90. The summed E-state index contributed by atoms with van der Waals surface area (Å²) in [6.07, 6.45) is 0. The minimum Gasteiger partial charge on any atom is -0.352 e. The summed E-state index contributed by atoms with van der Waals surface area (Å²) in [6, 6.07) is 32.5. The van der Waals surface area contributed by atoms with E-state index in [0.717, 1.165) is 11.4 Å². The van der Waals surface area contributed by atoms with E-state index in [-0.39, 0.29) is 0 Å². The van der Waals surface area contributed by atoms with Gasteiger partial charge in [-0.3, -0.25) is 0 Å². The van der Waals surface area contributed by atoms with Gasteiger partial charge in [0.1, 0.15) is 0 Å². The summed E-state index contributed by atoms with van der Waals surface area (Å²) in [7, 11) is 0. The molecule has 0 spiro atoms. The lowest BCUT2D eigenvalue weighted by molar-refractivity contribution is 1.26. The van der Waals surface area contributed by atoms with Crippen LogP contribution in [0.4, 0.5) is 28.4 Å². The first-order chi connectivity index (χ1) is 12.9. The molecule has 0 aromatic heterocycles. The Balaban J connectivity index is 1.82. The van der Waals surface area contributed by atoms with Gasteiger partial charge < -0.3 is 10.2 Å². The number of hydrogen-bond donors (Lipinski definition) is 1. The Labute approximate surface area is 152 Å². The van der Waals surface area contributed by atoms with E-state index in [1.165, 1.54) is 39.3 Å². The largest absolute Gasteiger partial charge is 0.352 e. The van der Waals surface area contributed by atoms with E-state index in [1.54, 1.807) is 0 Å². The molecule has 2 nitrogen and oxygen atoms in total. The topological polar surface area (TPSA) is 15.3 Å². The fourth-order valence-corrected chi connectivity index (χ4v) is 4.24. The van der Waals surface area contributed by atoms with E-state index < -0.39 is 0 Å². The van der Waals surface area contributed by atoms with Gasteiger partial charge in [-0.25, -0.2) is 0 Å². The summed E-state index contributed by atoms with van der Waals surface area (Å²) < 4.78 is 0. The molecule has 0 unspecified atom stereocenters. The molecule has 0 saturated carbocycles. The van der Waals surface area contributed by atoms with Crippen LogP contribution in [0.5, 0.6) is 0 Å². The van der Waals surface area contributed by atoms with Crippen LogP contribution in [-0.2, 0) is 0 Å².